The third-order valence-electron chi connectivity index (χ3n) is 6.09. The largest absolute Gasteiger partial charge is 0.488 e. The van der Waals surface area contributed by atoms with Gasteiger partial charge in [0, 0.05) is 17.0 Å². The predicted molar refractivity (Wildman–Crippen MR) is 144 cm³/mol. The molecule has 0 atom stereocenters. The molecule has 4 rings (SSSR count). The molecule has 0 aliphatic heterocycles. The number of aromatic nitrogens is 2. The first-order chi connectivity index (χ1) is 17.3. The standard InChI is InChI=1S/C28H25BrClN3O3/c1-28(2,23-14-20(16-31)26(24(30)15-23)36-12-11-35-10-9-34)22-6-3-18(4-7-22)19-5-8-25-21(13-19)17-32-27(29)33-25/h3-8,13-15,17,34H,9-12H2,1-2H3. The van der Waals surface area contributed by atoms with Gasteiger partial charge in [-0.1, -0.05) is 55.8 Å². The van der Waals surface area contributed by atoms with E-state index in [0.717, 1.165) is 33.2 Å². The number of rotatable bonds is 9. The molecule has 0 radical (unpaired) electrons. The first kappa shape index (κ1) is 26.1. The maximum Gasteiger partial charge on any atom is 0.197 e. The molecule has 4 aromatic rings. The van der Waals surface area contributed by atoms with Crippen molar-refractivity contribution in [2.75, 3.05) is 26.4 Å². The summed E-state index contributed by atoms with van der Waals surface area (Å²) < 4.78 is 11.5. The Balaban J connectivity index is 1.57. The number of hydrogen-bond donors (Lipinski definition) is 1. The van der Waals surface area contributed by atoms with Crippen molar-refractivity contribution in [1.29, 1.82) is 5.26 Å². The number of halogens is 2. The fourth-order valence-corrected chi connectivity index (χ4v) is 4.56. The third-order valence-corrected chi connectivity index (χ3v) is 6.75. The summed E-state index contributed by atoms with van der Waals surface area (Å²) in [5.41, 5.74) is 5.02. The zero-order chi connectivity index (χ0) is 25.7. The summed E-state index contributed by atoms with van der Waals surface area (Å²) >= 11 is 9.85. The van der Waals surface area contributed by atoms with Crippen LogP contribution in [-0.4, -0.2) is 41.5 Å². The highest BCUT2D eigenvalue weighted by Crippen LogP contribution is 2.39. The van der Waals surface area contributed by atoms with Crippen LogP contribution in [0.15, 0.2) is 65.5 Å². The second-order valence-electron chi connectivity index (χ2n) is 8.75. The Morgan fingerprint density at radius 1 is 1.00 bits per heavy atom. The molecule has 3 aromatic carbocycles. The molecule has 1 aromatic heterocycles. The molecule has 0 aliphatic rings. The van der Waals surface area contributed by atoms with Crippen LogP contribution in [0.3, 0.4) is 0 Å². The molecule has 1 N–H and O–H groups in total. The zero-order valence-corrected chi connectivity index (χ0v) is 22.3. The van der Waals surface area contributed by atoms with Crippen LogP contribution >= 0.6 is 27.5 Å². The third kappa shape index (κ3) is 5.69. The quantitative estimate of drug-likeness (QED) is 0.189. The summed E-state index contributed by atoms with van der Waals surface area (Å²) in [5, 5.41) is 19.9. The van der Waals surface area contributed by atoms with Gasteiger partial charge in [-0.2, -0.15) is 5.26 Å². The van der Waals surface area contributed by atoms with Gasteiger partial charge in [-0.3, -0.25) is 0 Å². The molecule has 0 saturated carbocycles. The lowest BCUT2D eigenvalue weighted by Gasteiger charge is -2.27. The monoisotopic (exact) mass is 565 g/mol. The highest BCUT2D eigenvalue weighted by atomic mass is 79.9. The van der Waals surface area contributed by atoms with E-state index in [1.165, 1.54) is 0 Å². The number of hydrogen-bond acceptors (Lipinski definition) is 6. The van der Waals surface area contributed by atoms with Crippen molar-refractivity contribution in [2.45, 2.75) is 19.3 Å². The number of benzene rings is 3. The van der Waals surface area contributed by atoms with Gasteiger partial charge in [0.1, 0.15) is 12.7 Å². The first-order valence-corrected chi connectivity index (χ1v) is 12.6. The highest BCUT2D eigenvalue weighted by molar-refractivity contribution is 9.10. The van der Waals surface area contributed by atoms with Crippen LogP contribution in [0.5, 0.6) is 5.75 Å². The number of nitriles is 1. The molecule has 0 unspecified atom stereocenters. The Kier molecular flexibility index (Phi) is 8.22. The molecule has 0 amide bonds. The average molecular weight is 567 g/mol. The molecule has 8 heteroatoms. The summed E-state index contributed by atoms with van der Waals surface area (Å²) in [4.78, 5) is 8.62. The lowest BCUT2D eigenvalue weighted by atomic mass is 9.77. The number of aliphatic hydroxyl groups is 1. The summed E-state index contributed by atoms with van der Waals surface area (Å²) in [6.07, 6.45) is 1.81. The van der Waals surface area contributed by atoms with Gasteiger partial charge >= 0.3 is 0 Å². The van der Waals surface area contributed by atoms with E-state index >= 15 is 0 Å². The molecule has 184 valence electrons. The Morgan fingerprint density at radius 2 is 1.75 bits per heavy atom. The van der Waals surface area contributed by atoms with Crippen LogP contribution < -0.4 is 4.74 Å². The average Bonchev–Trinajstić information content (AvgIpc) is 2.88. The number of fused-ring (bicyclic) bond motifs is 1. The van der Waals surface area contributed by atoms with E-state index in [2.05, 4.69) is 82.2 Å². The van der Waals surface area contributed by atoms with Gasteiger partial charge < -0.3 is 14.6 Å². The lowest BCUT2D eigenvalue weighted by molar-refractivity contribution is 0.0705. The van der Waals surface area contributed by atoms with Crippen molar-refractivity contribution in [3.05, 3.63) is 87.2 Å². The van der Waals surface area contributed by atoms with Crippen molar-refractivity contribution < 1.29 is 14.6 Å². The maximum absolute atomic E-state index is 9.73. The van der Waals surface area contributed by atoms with E-state index < -0.39 is 5.41 Å². The maximum atomic E-state index is 9.73. The van der Waals surface area contributed by atoms with Crippen molar-refractivity contribution in [1.82, 2.24) is 9.97 Å². The minimum Gasteiger partial charge on any atom is -0.488 e. The van der Waals surface area contributed by atoms with E-state index in [-0.39, 0.29) is 19.8 Å². The topological polar surface area (TPSA) is 88.3 Å². The molecule has 0 spiro atoms. The Morgan fingerprint density at radius 3 is 2.47 bits per heavy atom. The van der Waals surface area contributed by atoms with Gasteiger partial charge in [0.15, 0.2) is 10.5 Å². The summed E-state index contributed by atoms with van der Waals surface area (Å²) in [5.74, 6) is 0.342. The summed E-state index contributed by atoms with van der Waals surface area (Å²) in [6, 6.07) is 20.4. The zero-order valence-electron chi connectivity index (χ0n) is 20.0. The number of aliphatic hydroxyl groups excluding tert-OH is 1. The smallest absolute Gasteiger partial charge is 0.197 e. The molecule has 1 heterocycles. The molecule has 0 aliphatic carbocycles. The summed E-state index contributed by atoms with van der Waals surface area (Å²) in [6.45, 7) is 4.91. The molecular formula is C28H25BrClN3O3. The molecule has 0 bridgehead atoms. The molecule has 0 fully saturated rings. The fourth-order valence-electron chi connectivity index (χ4n) is 3.99. The van der Waals surface area contributed by atoms with Crippen molar-refractivity contribution in [3.8, 4) is 22.9 Å². The molecular weight excluding hydrogens is 542 g/mol. The van der Waals surface area contributed by atoms with Gasteiger partial charge in [-0.05, 0) is 62.4 Å². The second-order valence-corrected chi connectivity index (χ2v) is 9.86. The van der Waals surface area contributed by atoms with E-state index in [4.69, 9.17) is 26.2 Å². The molecule has 36 heavy (non-hydrogen) atoms. The van der Waals surface area contributed by atoms with Crippen LogP contribution in [0.25, 0.3) is 22.0 Å². The van der Waals surface area contributed by atoms with Gasteiger partial charge in [0.2, 0.25) is 0 Å². The minimum absolute atomic E-state index is 0.0513. The van der Waals surface area contributed by atoms with Crippen LogP contribution in [0.1, 0.15) is 30.5 Å². The van der Waals surface area contributed by atoms with Crippen LogP contribution in [-0.2, 0) is 10.2 Å². The molecule has 0 saturated heterocycles. The Hall–Kier alpha value is -3.02. The predicted octanol–water partition coefficient (Wildman–Crippen LogP) is 6.30. The SMILES string of the molecule is CC(C)(c1ccc(-c2ccc3nc(Br)ncc3c2)cc1)c1cc(Cl)c(OCCOCCO)c(C#N)c1. The second kappa shape index (κ2) is 11.4. The molecule has 6 nitrogen and oxygen atoms in total. The lowest BCUT2D eigenvalue weighted by Crippen LogP contribution is -2.19. The Labute approximate surface area is 223 Å². The van der Waals surface area contributed by atoms with Gasteiger partial charge in [-0.15, -0.1) is 0 Å². The van der Waals surface area contributed by atoms with Crippen LogP contribution in [0, 0.1) is 11.3 Å². The van der Waals surface area contributed by atoms with E-state index in [0.29, 0.717) is 27.7 Å². The van der Waals surface area contributed by atoms with Crippen molar-refractivity contribution >= 4 is 38.4 Å². The normalized spacial score (nSPS) is 11.4. The summed E-state index contributed by atoms with van der Waals surface area (Å²) in [7, 11) is 0. The van der Waals surface area contributed by atoms with Crippen LogP contribution in [0.2, 0.25) is 5.02 Å². The number of nitrogens with zero attached hydrogens (tertiary/aromatic N) is 3. The van der Waals surface area contributed by atoms with E-state index in [9.17, 15) is 5.26 Å². The van der Waals surface area contributed by atoms with Crippen molar-refractivity contribution in [3.63, 3.8) is 0 Å². The Bertz CT molecular complexity index is 1420. The van der Waals surface area contributed by atoms with E-state index in [1.54, 1.807) is 6.20 Å². The van der Waals surface area contributed by atoms with Crippen LogP contribution in [0.4, 0.5) is 0 Å². The van der Waals surface area contributed by atoms with E-state index in [1.807, 2.05) is 18.2 Å². The van der Waals surface area contributed by atoms with Gasteiger partial charge in [-0.25, -0.2) is 9.97 Å². The first-order valence-electron chi connectivity index (χ1n) is 11.4. The fraction of sp³-hybridized carbons (Fsp3) is 0.250. The highest BCUT2D eigenvalue weighted by Gasteiger charge is 2.26. The number of ether oxygens (including phenoxy) is 2. The van der Waals surface area contributed by atoms with Gasteiger partial charge in [0.05, 0.1) is 35.9 Å². The van der Waals surface area contributed by atoms with Gasteiger partial charge in [0.25, 0.3) is 0 Å². The minimum atomic E-state index is -0.403. The van der Waals surface area contributed by atoms with Crippen molar-refractivity contribution in [2.24, 2.45) is 0 Å².